The van der Waals surface area contributed by atoms with Crippen molar-refractivity contribution in [3.05, 3.63) is 71.7 Å². The zero-order valence-electron chi connectivity index (χ0n) is 18.5. The molecule has 0 spiro atoms. The molecule has 33 heavy (non-hydrogen) atoms. The Labute approximate surface area is 192 Å². The SMILES string of the molecule is CONS(=O)(=O)c1ccc(C(=O)N(C)CCCCCc2cc(-c3cccc(F)c3)n[nH]2)cc1. The second-order valence-electron chi connectivity index (χ2n) is 7.64. The van der Waals surface area contributed by atoms with E-state index in [2.05, 4.69) is 15.0 Å². The first kappa shape index (κ1) is 24.6. The van der Waals surface area contributed by atoms with Gasteiger partial charge in [0.15, 0.2) is 0 Å². The van der Waals surface area contributed by atoms with E-state index in [4.69, 9.17) is 0 Å². The fourth-order valence-electron chi connectivity index (χ4n) is 3.38. The second-order valence-corrected chi connectivity index (χ2v) is 9.29. The van der Waals surface area contributed by atoms with Crippen LogP contribution >= 0.6 is 0 Å². The smallest absolute Gasteiger partial charge is 0.262 e. The fourth-order valence-corrected chi connectivity index (χ4v) is 4.19. The minimum atomic E-state index is -3.75. The number of halogens is 1. The molecule has 0 aliphatic heterocycles. The van der Waals surface area contributed by atoms with Gasteiger partial charge in [-0.25, -0.2) is 12.8 Å². The zero-order valence-corrected chi connectivity index (χ0v) is 19.4. The Bertz CT molecular complexity index is 1180. The summed E-state index contributed by atoms with van der Waals surface area (Å²) in [6, 6.07) is 14.0. The maximum atomic E-state index is 13.4. The molecule has 10 heteroatoms. The number of aromatic amines is 1. The first-order chi connectivity index (χ1) is 15.8. The van der Waals surface area contributed by atoms with E-state index in [9.17, 15) is 17.6 Å². The van der Waals surface area contributed by atoms with Gasteiger partial charge in [0.25, 0.3) is 15.9 Å². The van der Waals surface area contributed by atoms with Gasteiger partial charge in [-0.05, 0) is 61.7 Å². The highest BCUT2D eigenvalue weighted by atomic mass is 32.2. The van der Waals surface area contributed by atoms with Crippen molar-refractivity contribution in [1.82, 2.24) is 20.0 Å². The highest BCUT2D eigenvalue weighted by Gasteiger charge is 2.16. The number of aromatic nitrogens is 2. The van der Waals surface area contributed by atoms with Crippen LogP contribution in [-0.2, 0) is 21.3 Å². The van der Waals surface area contributed by atoms with Gasteiger partial charge < -0.3 is 4.90 Å². The van der Waals surface area contributed by atoms with Gasteiger partial charge in [0.05, 0.1) is 17.7 Å². The third-order valence-corrected chi connectivity index (χ3v) is 6.42. The molecule has 2 N–H and O–H groups in total. The van der Waals surface area contributed by atoms with Gasteiger partial charge in [0.1, 0.15) is 5.82 Å². The van der Waals surface area contributed by atoms with Crippen LogP contribution in [0.1, 0.15) is 35.3 Å². The van der Waals surface area contributed by atoms with Crippen LogP contribution in [0.4, 0.5) is 4.39 Å². The number of carbonyl (C=O) groups excluding carboxylic acids is 1. The topological polar surface area (TPSA) is 104 Å². The predicted octanol–water partition coefficient (Wildman–Crippen LogP) is 3.54. The molecule has 2 aromatic carbocycles. The van der Waals surface area contributed by atoms with Crippen LogP contribution in [0.2, 0.25) is 0 Å². The minimum absolute atomic E-state index is 0.0166. The third-order valence-electron chi connectivity index (χ3n) is 5.14. The van der Waals surface area contributed by atoms with Gasteiger partial charge in [0.2, 0.25) is 0 Å². The molecule has 0 radical (unpaired) electrons. The predicted molar refractivity (Wildman–Crippen MR) is 122 cm³/mol. The van der Waals surface area contributed by atoms with Crippen molar-refractivity contribution in [2.45, 2.75) is 30.6 Å². The van der Waals surface area contributed by atoms with E-state index in [-0.39, 0.29) is 16.6 Å². The lowest BCUT2D eigenvalue weighted by Gasteiger charge is -2.17. The summed E-state index contributed by atoms with van der Waals surface area (Å²) in [4.78, 5) is 20.6. The Morgan fingerprint density at radius 3 is 2.58 bits per heavy atom. The van der Waals surface area contributed by atoms with Gasteiger partial charge in [-0.3, -0.25) is 14.7 Å². The molecule has 0 saturated carbocycles. The Kier molecular flexibility index (Phi) is 8.32. The summed E-state index contributed by atoms with van der Waals surface area (Å²) in [7, 11) is -0.820. The van der Waals surface area contributed by atoms with Crippen molar-refractivity contribution in [3.63, 3.8) is 0 Å². The molecule has 3 aromatic rings. The van der Waals surface area contributed by atoms with Crippen LogP contribution in [0, 0.1) is 5.82 Å². The second kappa shape index (κ2) is 11.2. The van der Waals surface area contributed by atoms with Gasteiger partial charge >= 0.3 is 0 Å². The lowest BCUT2D eigenvalue weighted by Crippen LogP contribution is -2.28. The van der Waals surface area contributed by atoms with E-state index in [0.29, 0.717) is 17.8 Å². The van der Waals surface area contributed by atoms with Crippen molar-refractivity contribution < 1.29 is 22.4 Å². The highest BCUT2D eigenvalue weighted by Crippen LogP contribution is 2.19. The number of hydrogen-bond donors (Lipinski definition) is 2. The Morgan fingerprint density at radius 1 is 1.12 bits per heavy atom. The number of sulfonamides is 1. The number of hydrogen-bond acceptors (Lipinski definition) is 5. The number of amides is 1. The van der Waals surface area contributed by atoms with E-state index in [1.807, 2.05) is 17.0 Å². The molecular weight excluding hydrogens is 447 g/mol. The molecule has 1 heterocycles. The number of rotatable bonds is 11. The molecule has 176 valence electrons. The average Bonchev–Trinajstić information content (AvgIpc) is 3.27. The summed E-state index contributed by atoms with van der Waals surface area (Å²) in [6.45, 7) is 0.585. The number of carbonyl (C=O) groups is 1. The summed E-state index contributed by atoms with van der Waals surface area (Å²) >= 11 is 0. The molecule has 1 amide bonds. The summed E-state index contributed by atoms with van der Waals surface area (Å²) < 4.78 is 37.1. The fraction of sp³-hybridized carbons (Fsp3) is 0.304. The molecule has 0 unspecified atom stereocenters. The standard InChI is InChI=1S/C23H27FN4O4S/c1-28(23(29)17-10-12-21(13-11-17)33(30,31)27-32-2)14-5-3-4-9-20-16-22(26-25-20)18-7-6-8-19(24)15-18/h6-8,10-13,15-16,27H,3-5,9,14H2,1-2H3,(H,25,26). The van der Waals surface area contributed by atoms with Crippen LogP contribution in [0.3, 0.4) is 0 Å². The van der Waals surface area contributed by atoms with Crippen LogP contribution in [0.15, 0.2) is 59.5 Å². The van der Waals surface area contributed by atoms with E-state index < -0.39 is 10.0 Å². The summed E-state index contributed by atoms with van der Waals surface area (Å²) in [5, 5.41) is 7.24. The molecule has 0 aliphatic carbocycles. The Balaban J connectivity index is 1.42. The van der Waals surface area contributed by atoms with Crippen LogP contribution in [0.25, 0.3) is 11.3 Å². The van der Waals surface area contributed by atoms with Gasteiger partial charge in [0, 0.05) is 30.4 Å². The van der Waals surface area contributed by atoms with Gasteiger partial charge in [-0.15, -0.1) is 0 Å². The molecule has 0 aliphatic rings. The van der Waals surface area contributed by atoms with Crippen LogP contribution < -0.4 is 4.89 Å². The number of unbranched alkanes of at least 4 members (excludes halogenated alkanes) is 2. The summed E-state index contributed by atoms with van der Waals surface area (Å²) in [6.07, 6.45) is 3.49. The monoisotopic (exact) mass is 474 g/mol. The van der Waals surface area contributed by atoms with Crippen LogP contribution in [-0.4, -0.2) is 50.1 Å². The Morgan fingerprint density at radius 2 is 1.88 bits per heavy atom. The van der Waals surface area contributed by atoms with E-state index in [0.717, 1.165) is 36.9 Å². The molecular formula is C23H27FN4O4S. The largest absolute Gasteiger partial charge is 0.342 e. The molecule has 0 atom stereocenters. The average molecular weight is 475 g/mol. The minimum Gasteiger partial charge on any atom is -0.342 e. The lowest BCUT2D eigenvalue weighted by molar-refractivity contribution is 0.0792. The van der Waals surface area contributed by atoms with Crippen LogP contribution in [0.5, 0.6) is 0 Å². The normalized spacial score (nSPS) is 11.5. The molecule has 3 rings (SSSR count). The maximum absolute atomic E-state index is 13.4. The molecule has 8 nitrogen and oxygen atoms in total. The van der Waals surface area contributed by atoms with Crippen molar-refractivity contribution in [2.24, 2.45) is 0 Å². The van der Waals surface area contributed by atoms with Gasteiger partial charge in [-0.1, -0.05) is 23.4 Å². The van der Waals surface area contributed by atoms with Crippen molar-refractivity contribution in [2.75, 3.05) is 20.7 Å². The third kappa shape index (κ3) is 6.70. The number of benzene rings is 2. The summed E-state index contributed by atoms with van der Waals surface area (Å²) in [5.41, 5.74) is 2.85. The number of aryl methyl sites for hydroxylation is 1. The van der Waals surface area contributed by atoms with E-state index in [1.54, 1.807) is 18.0 Å². The van der Waals surface area contributed by atoms with Crippen molar-refractivity contribution >= 4 is 15.9 Å². The van der Waals surface area contributed by atoms with Crippen molar-refractivity contribution in [1.29, 1.82) is 0 Å². The van der Waals surface area contributed by atoms with Crippen molar-refractivity contribution in [3.8, 4) is 11.3 Å². The Hall–Kier alpha value is -3.08. The number of nitrogens with one attached hydrogen (secondary N) is 2. The summed E-state index contributed by atoms with van der Waals surface area (Å²) in [5.74, 6) is -0.466. The molecule has 0 saturated heterocycles. The van der Waals surface area contributed by atoms with E-state index >= 15 is 0 Å². The first-order valence-corrected chi connectivity index (χ1v) is 12.0. The molecule has 0 fully saturated rings. The van der Waals surface area contributed by atoms with E-state index in [1.165, 1.54) is 43.5 Å². The molecule has 1 aromatic heterocycles. The molecule has 0 bridgehead atoms. The van der Waals surface area contributed by atoms with Gasteiger partial charge in [-0.2, -0.15) is 5.10 Å². The number of H-pyrrole nitrogens is 1. The quantitative estimate of drug-likeness (QED) is 0.327. The first-order valence-electron chi connectivity index (χ1n) is 10.5. The highest BCUT2D eigenvalue weighted by molar-refractivity contribution is 7.89. The number of nitrogens with zero attached hydrogens (tertiary/aromatic N) is 2. The lowest BCUT2D eigenvalue weighted by atomic mass is 10.1. The maximum Gasteiger partial charge on any atom is 0.262 e. The zero-order chi connectivity index (χ0) is 23.8.